The Hall–Kier alpha value is -3.20. The van der Waals surface area contributed by atoms with Gasteiger partial charge in [-0.2, -0.15) is 0 Å². The average Bonchev–Trinajstić information content (AvgIpc) is 3.59. The average molecular weight is 508 g/mol. The predicted octanol–water partition coefficient (Wildman–Crippen LogP) is 4.79. The van der Waals surface area contributed by atoms with Gasteiger partial charge in [-0.25, -0.2) is 0 Å². The summed E-state index contributed by atoms with van der Waals surface area (Å²) in [5, 5.41) is 4.84. The minimum atomic E-state index is -0.222. The molecule has 2 aromatic carbocycles. The van der Waals surface area contributed by atoms with Gasteiger partial charge in [0.25, 0.3) is 5.91 Å². The molecule has 1 atom stereocenters. The van der Waals surface area contributed by atoms with Crippen molar-refractivity contribution in [3.63, 3.8) is 0 Å². The summed E-state index contributed by atoms with van der Waals surface area (Å²) in [6.45, 7) is 2.03. The van der Waals surface area contributed by atoms with Gasteiger partial charge < -0.3 is 24.6 Å². The summed E-state index contributed by atoms with van der Waals surface area (Å²) in [5.74, 6) is -0.227. The molecule has 1 aromatic heterocycles. The number of nitrogens with zero attached hydrogens (tertiary/aromatic N) is 2. The number of thiophene rings is 1. The molecule has 0 radical (unpaired) electrons. The summed E-state index contributed by atoms with van der Waals surface area (Å²) >= 11 is 1.44. The molecular formula is C28H33N3O4S. The van der Waals surface area contributed by atoms with E-state index in [0.717, 1.165) is 36.3 Å². The molecule has 1 fully saturated rings. The van der Waals surface area contributed by atoms with Crippen molar-refractivity contribution in [3.8, 4) is 0 Å². The minimum Gasteiger partial charge on any atom is -0.377 e. The molecule has 0 aliphatic carbocycles. The summed E-state index contributed by atoms with van der Waals surface area (Å²) in [5.41, 5.74) is 3.63. The highest BCUT2D eigenvalue weighted by atomic mass is 32.1. The Morgan fingerprint density at radius 1 is 1.11 bits per heavy atom. The molecule has 1 N–H and O–H groups in total. The number of anilines is 2. The van der Waals surface area contributed by atoms with Gasteiger partial charge in [0.15, 0.2) is 0 Å². The van der Waals surface area contributed by atoms with Crippen molar-refractivity contribution in [3.05, 3.63) is 82.0 Å². The number of hydrogen-bond donors (Lipinski definition) is 1. The second kappa shape index (κ2) is 12.7. The van der Waals surface area contributed by atoms with E-state index in [1.165, 1.54) is 11.3 Å². The summed E-state index contributed by atoms with van der Waals surface area (Å²) in [6, 6.07) is 19.3. The van der Waals surface area contributed by atoms with Crippen LogP contribution in [0, 0.1) is 0 Å². The predicted molar refractivity (Wildman–Crippen MR) is 144 cm³/mol. The number of carbonyl (C=O) groups excluding carboxylic acids is 2. The number of hydrogen-bond acceptors (Lipinski definition) is 6. The molecule has 36 heavy (non-hydrogen) atoms. The summed E-state index contributed by atoms with van der Waals surface area (Å²) in [6.07, 6.45) is 2.01. The van der Waals surface area contributed by atoms with Crippen LogP contribution in [0.1, 0.15) is 33.6 Å². The van der Waals surface area contributed by atoms with Gasteiger partial charge in [-0.05, 0) is 53.6 Å². The van der Waals surface area contributed by atoms with Gasteiger partial charge in [0.1, 0.15) is 6.61 Å². The van der Waals surface area contributed by atoms with E-state index in [-0.39, 0.29) is 24.5 Å². The fourth-order valence-corrected chi connectivity index (χ4v) is 4.96. The molecule has 3 aromatic rings. The highest BCUT2D eigenvalue weighted by molar-refractivity contribution is 7.12. The van der Waals surface area contributed by atoms with Crippen LogP contribution in [0.15, 0.2) is 66.0 Å². The maximum absolute atomic E-state index is 13.4. The normalized spacial score (nSPS) is 15.0. The van der Waals surface area contributed by atoms with Crippen LogP contribution in [-0.2, 0) is 27.4 Å². The number of nitrogens with one attached hydrogen (secondary N) is 1. The molecule has 0 unspecified atom stereocenters. The van der Waals surface area contributed by atoms with Crippen LogP contribution in [0.5, 0.6) is 0 Å². The number of amides is 2. The van der Waals surface area contributed by atoms with E-state index in [1.54, 1.807) is 0 Å². The molecule has 1 aliphatic heterocycles. The van der Waals surface area contributed by atoms with Crippen LogP contribution in [-0.4, -0.2) is 56.7 Å². The molecule has 0 bridgehead atoms. The van der Waals surface area contributed by atoms with Crippen molar-refractivity contribution >= 4 is 34.5 Å². The second-order valence-corrected chi connectivity index (χ2v) is 10.0. The number of ether oxygens (including phenoxy) is 2. The summed E-state index contributed by atoms with van der Waals surface area (Å²) in [4.78, 5) is 30.5. The van der Waals surface area contributed by atoms with Crippen LogP contribution < -0.4 is 10.2 Å². The fourth-order valence-electron chi connectivity index (χ4n) is 4.27. The van der Waals surface area contributed by atoms with E-state index in [9.17, 15) is 9.59 Å². The Bertz CT molecular complexity index is 1130. The van der Waals surface area contributed by atoms with E-state index in [0.29, 0.717) is 30.3 Å². The van der Waals surface area contributed by atoms with E-state index in [1.807, 2.05) is 89.9 Å². The highest BCUT2D eigenvalue weighted by Gasteiger charge is 2.25. The molecular weight excluding hydrogens is 474 g/mol. The molecule has 190 valence electrons. The zero-order valence-corrected chi connectivity index (χ0v) is 21.6. The summed E-state index contributed by atoms with van der Waals surface area (Å²) < 4.78 is 11.4. The first-order valence-corrected chi connectivity index (χ1v) is 13.0. The van der Waals surface area contributed by atoms with Crippen LogP contribution in [0.2, 0.25) is 0 Å². The maximum atomic E-state index is 13.4. The van der Waals surface area contributed by atoms with Gasteiger partial charge >= 0.3 is 0 Å². The first-order valence-electron chi connectivity index (χ1n) is 12.2. The van der Waals surface area contributed by atoms with E-state index < -0.39 is 0 Å². The van der Waals surface area contributed by atoms with Crippen LogP contribution in [0.4, 0.5) is 11.4 Å². The van der Waals surface area contributed by atoms with Gasteiger partial charge in [-0.3, -0.25) is 9.59 Å². The van der Waals surface area contributed by atoms with Gasteiger partial charge in [-0.1, -0.05) is 36.4 Å². The molecule has 0 saturated carbocycles. The van der Waals surface area contributed by atoms with E-state index >= 15 is 0 Å². The van der Waals surface area contributed by atoms with Gasteiger partial charge in [-0.15, -0.1) is 11.3 Å². The van der Waals surface area contributed by atoms with Crippen molar-refractivity contribution in [2.45, 2.75) is 32.1 Å². The standard InChI is InChI=1S/C28H33N3O4S/c1-30(2)25-13-12-23(29-27(32)20-34-19-21-8-4-3-5-9-21)16-22(25)17-31(18-24-10-6-14-35-24)28(33)26-11-7-15-36-26/h3-5,7-9,11-13,15-16,24H,6,10,14,17-20H2,1-2H3,(H,29,32)/t24-/m0/s1. The lowest BCUT2D eigenvalue weighted by Gasteiger charge is -2.28. The molecule has 1 saturated heterocycles. The van der Waals surface area contributed by atoms with Gasteiger partial charge in [0.05, 0.1) is 17.6 Å². The van der Waals surface area contributed by atoms with Crippen molar-refractivity contribution in [1.82, 2.24) is 4.90 Å². The molecule has 8 heteroatoms. The number of carbonyl (C=O) groups is 2. The van der Waals surface area contributed by atoms with E-state index in [4.69, 9.17) is 9.47 Å². The Morgan fingerprint density at radius 3 is 2.64 bits per heavy atom. The lowest BCUT2D eigenvalue weighted by molar-refractivity contribution is -0.121. The molecule has 7 nitrogen and oxygen atoms in total. The second-order valence-electron chi connectivity index (χ2n) is 9.06. The minimum absolute atomic E-state index is 0.00560. The van der Waals surface area contributed by atoms with Crippen molar-refractivity contribution in [2.24, 2.45) is 0 Å². The van der Waals surface area contributed by atoms with Crippen molar-refractivity contribution in [1.29, 1.82) is 0 Å². The monoisotopic (exact) mass is 507 g/mol. The first-order chi connectivity index (χ1) is 17.5. The van der Waals surface area contributed by atoms with Gasteiger partial charge in [0.2, 0.25) is 5.91 Å². The Balaban J connectivity index is 1.46. The first kappa shape index (κ1) is 25.9. The Kier molecular flexibility index (Phi) is 9.11. The topological polar surface area (TPSA) is 71.1 Å². The zero-order valence-electron chi connectivity index (χ0n) is 20.8. The maximum Gasteiger partial charge on any atom is 0.264 e. The lowest BCUT2D eigenvalue weighted by atomic mass is 10.1. The highest BCUT2D eigenvalue weighted by Crippen LogP contribution is 2.27. The van der Waals surface area contributed by atoms with Crippen molar-refractivity contribution < 1.29 is 19.1 Å². The molecule has 2 amide bonds. The fraction of sp³-hybridized carbons (Fsp3) is 0.357. The lowest BCUT2D eigenvalue weighted by Crippen LogP contribution is -2.37. The third-order valence-corrected chi connectivity index (χ3v) is 6.88. The Morgan fingerprint density at radius 2 is 1.94 bits per heavy atom. The third-order valence-electron chi connectivity index (χ3n) is 6.02. The van der Waals surface area contributed by atoms with Crippen LogP contribution in [0.25, 0.3) is 0 Å². The molecule has 1 aliphatic rings. The van der Waals surface area contributed by atoms with Crippen molar-refractivity contribution in [2.75, 3.05) is 44.1 Å². The molecule has 2 heterocycles. The zero-order chi connectivity index (χ0) is 25.3. The molecule has 0 spiro atoms. The summed E-state index contributed by atoms with van der Waals surface area (Å²) in [7, 11) is 3.94. The quantitative estimate of drug-likeness (QED) is 0.404. The smallest absolute Gasteiger partial charge is 0.264 e. The van der Waals surface area contributed by atoms with E-state index in [2.05, 4.69) is 5.32 Å². The third kappa shape index (κ3) is 7.16. The van der Waals surface area contributed by atoms with Gasteiger partial charge in [0, 0.05) is 45.2 Å². The number of rotatable bonds is 11. The SMILES string of the molecule is CN(C)c1ccc(NC(=O)COCc2ccccc2)cc1CN(C[C@@H]1CCCO1)C(=O)c1cccs1. The Labute approximate surface area is 216 Å². The number of benzene rings is 2. The van der Waals surface area contributed by atoms with Crippen LogP contribution >= 0.6 is 11.3 Å². The molecule has 4 rings (SSSR count). The largest absolute Gasteiger partial charge is 0.377 e. The van der Waals surface area contributed by atoms with Crippen LogP contribution in [0.3, 0.4) is 0 Å².